The van der Waals surface area contributed by atoms with Gasteiger partial charge in [0.15, 0.2) is 0 Å². The number of fused-ring (bicyclic) bond motifs is 1. The Morgan fingerprint density at radius 1 is 1.07 bits per heavy atom. The molecule has 0 saturated heterocycles. The Kier molecular flexibility index (Phi) is 4.66. The Labute approximate surface area is 163 Å². The van der Waals surface area contributed by atoms with Crippen LogP contribution in [0.5, 0.6) is 0 Å². The fourth-order valence-electron chi connectivity index (χ4n) is 2.68. The van der Waals surface area contributed by atoms with Crippen molar-refractivity contribution in [2.45, 2.75) is 18.9 Å². The van der Waals surface area contributed by atoms with Gasteiger partial charge >= 0.3 is 12.0 Å². The zero-order valence-electron chi connectivity index (χ0n) is 14.6. The summed E-state index contributed by atoms with van der Waals surface area (Å²) in [6.07, 6.45) is 3.57. The van der Waals surface area contributed by atoms with Crippen molar-refractivity contribution < 1.29 is 19.5 Å². The summed E-state index contributed by atoms with van der Waals surface area (Å²) >= 11 is 1.01. The molecule has 2 aromatic heterocycles. The first-order valence-corrected chi connectivity index (χ1v) is 9.42. The average molecular weight is 396 g/mol. The molecule has 0 radical (unpaired) electrons. The third kappa shape index (κ3) is 3.79. The Morgan fingerprint density at radius 2 is 1.82 bits per heavy atom. The topological polar surface area (TPSA) is 120 Å². The minimum atomic E-state index is -1.13. The van der Waals surface area contributed by atoms with Gasteiger partial charge in [0.25, 0.3) is 5.91 Å². The monoisotopic (exact) mass is 396 g/mol. The number of aromatic carboxylic acids is 1. The van der Waals surface area contributed by atoms with Gasteiger partial charge in [-0.1, -0.05) is 0 Å². The van der Waals surface area contributed by atoms with Crippen LogP contribution >= 0.6 is 11.3 Å². The van der Waals surface area contributed by atoms with Crippen molar-refractivity contribution in [3.05, 3.63) is 53.0 Å². The Hall–Kier alpha value is -3.46. The number of nitrogens with one attached hydrogen (secondary N) is 3. The number of pyridine rings is 1. The normalized spacial score (nSPS) is 13.1. The number of hydrogen-bond donors (Lipinski definition) is 4. The van der Waals surface area contributed by atoms with Gasteiger partial charge in [-0.05, 0) is 49.2 Å². The molecule has 142 valence electrons. The van der Waals surface area contributed by atoms with Crippen LogP contribution in [0.25, 0.3) is 10.2 Å². The van der Waals surface area contributed by atoms with Gasteiger partial charge in [-0.3, -0.25) is 4.79 Å². The predicted octanol–water partition coefficient (Wildman–Crippen LogP) is 3.53. The van der Waals surface area contributed by atoms with E-state index in [0.29, 0.717) is 21.5 Å². The van der Waals surface area contributed by atoms with Crippen LogP contribution in [-0.4, -0.2) is 34.0 Å². The van der Waals surface area contributed by atoms with Crippen LogP contribution in [0.2, 0.25) is 0 Å². The molecule has 9 heteroatoms. The zero-order valence-corrected chi connectivity index (χ0v) is 15.4. The standard InChI is InChI=1S/C19H16N4O4S/c24-16(10-3-5-11(6-4-10)21-19(27)22-12-7-8-12)23-14-13-2-1-9-20-17(13)28-15(14)18(25)26/h1-6,9,12H,7-8H2,(H,23,24)(H,25,26)(H2,21,22,27). The number of hydrogen-bond acceptors (Lipinski definition) is 5. The maximum Gasteiger partial charge on any atom is 0.348 e. The molecule has 0 atom stereocenters. The number of carboxylic acids is 1. The molecule has 1 fully saturated rings. The second-order valence-electron chi connectivity index (χ2n) is 6.37. The van der Waals surface area contributed by atoms with E-state index in [1.54, 1.807) is 42.6 Å². The largest absolute Gasteiger partial charge is 0.477 e. The average Bonchev–Trinajstić information content (AvgIpc) is 3.41. The van der Waals surface area contributed by atoms with Gasteiger partial charge in [-0.2, -0.15) is 0 Å². The summed E-state index contributed by atoms with van der Waals surface area (Å²) in [7, 11) is 0. The highest BCUT2D eigenvalue weighted by Crippen LogP contribution is 2.34. The summed E-state index contributed by atoms with van der Waals surface area (Å²) in [5, 5.41) is 18.2. The van der Waals surface area contributed by atoms with Gasteiger partial charge in [0.1, 0.15) is 9.71 Å². The van der Waals surface area contributed by atoms with Crippen LogP contribution in [-0.2, 0) is 0 Å². The highest BCUT2D eigenvalue weighted by Gasteiger charge is 2.23. The fraction of sp³-hybridized carbons (Fsp3) is 0.158. The molecule has 0 unspecified atom stereocenters. The van der Waals surface area contributed by atoms with Crippen molar-refractivity contribution in [2.75, 3.05) is 10.6 Å². The lowest BCUT2D eigenvalue weighted by Crippen LogP contribution is -2.30. The molecule has 4 rings (SSSR count). The molecule has 3 aromatic rings. The number of rotatable bonds is 5. The minimum Gasteiger partial charge on any atom is -0.477 e. The Balaban J connectivity index is 1.50. The smallest absolute Gasteiger partial charge is 0.348 e. The number of carboxylic acid groups (broad SMARTS) is 1. The third-order valence-electron chi connectivity index (χ3n) is 4.22. The van der Waals surface area contributed by atoms with Gasteiger partial charge in [0, 0.05) is 28.9 Å². The van der Waals surface area contributed by atoms with E-state index in [1.165, 1.54) is 0 Å². The molecule has 1 saturated carbocycles. The van der Waals surface area contributed by atoms with Gasteiger partial charge in [0.05, 0.1) is 5.69 Å². The lowest BCUT2D eigenvalue weighted by molar-refractivity contribution is 0.0703. The van der Waals surface area contributed by atoms with Crippen LogP contribution in [0.1, 0.15) is 32.9 Å². The first kappa shape index (κ1) is 17.9. The molecule has 0 spiro atoms. The zero-order chi connectivity index (χ0) is 19.7. The Morgan fingerprint density at radius 3 is 2.50 bits per heavy atom. The number of thiophene rings is 1. The molecular weight excluding hydrogens is 380 g/mol. The van der Waals surface area contributed by atoms with E-state index < -0.39 is 11.9 Å². The van der Waals surface area contributed by atoms with Crippen LogP contribution in [0.4, 0.5) is 16.2 Å². The predicted molar refractivity (Wildman–Crippen MR) is 106 cm³/mol. The fourth-order valence-corrected chi connectivity index (χ4v) is 3.62. The molecule has 28 heavy (non-hydrogen) atoms. The maximum atomic E-state index is 12.6. The minimum absolute atomic E-state index is 0.0251. The molecule has 3 amide bonds. The van der Waals surface area contributed by atoms with Crippen molar-refractivity contribution in [3.8, 4) is 0 Å². The van der Waals surface area contributed by atoms with Crippen LogP contribution in [0.3, 0.4) is 0 Å². The summed E-state index contributed by atoms with van der Waals surface area (Å²) in [6.45, 7) is 0. The summed E-state index contributed by atoms with van der Waals surface area (Å²) in [4.78, 5) is 40.6. The number of carbonyl (C=O) groups is 3. The Bertz CT molecular complexity index is 1070. The summed E-state index contributed by atoms with van der Waals surface area (Å²) in [5.74, 6) is -1.57. The van der Waals surface area contributed by atoms with E-state index in [-0.39, 0.29) is 22.6 Å². The van der Waals surface area contributed by atoms with Crippen LogP contribution < -0.4 is 16.0 Å². The maximum absolute atomic E-state index is 12.6. The molecule has 4 N–H and O–H groups in total. The molecule has 1 aliphatic carbocycles. The van der Waals surface area contributed by atoms with E-state index in [9.17, 15) is 19.5 Å². The van der Waals surface area contributed by atoms with Crippen molar-refractivity contribution in [1.82, 2.24) is 10.3 Å². The van der Waals surface area contributed by atoms with E-state index in [2.05, 4.69) is 20.9 Å². The van der Waals surface area contributed by atoms with Crippen molar-refractivity contribution in [3.63, 3.8) is 0 Å². The summed E-state index contributed by atoms with van der Waals surface area (Å²) in [6, 6.07) is 9.74. The number of amides is 3. The second kappa shape index (κ2) is 7.28. The summed E-state index contributed by atoms with van der Waals surface area (Å²) < 4.78 is 0. The van der Waals surface area contributed by atoms with Gasteiger partial charge in [0.2, 0.25) is 0 Å². The molecule has 0 bridgehead atoms. The number of aromatic nitrogens is 1. The van der Waals surface area contributed by atoms with Crippen molar-refractivity contribution >= 4 is 50.8 Å². The number of anilines is 2. The van der Waals surface area contributed by atoms with E-state index >= 15 is 0 Å². The highest BCUT2D eigenvalue weighted by atomic mass is 32.1. The SMILES string of the molecule is O=C(Nc1ccc(C(=O)Nc2c(C(=O)O)sc3ncccc23)cc1)NC1CC1. The second-order valence-corrected chi connectivity index (χ2v) is 7.37. The van der Waals surface area contributed by atoms with Crippen LogP contribution in [0, 0.1) is 0 Å². The number of urea groups is 1. The van der Waals surface area contributed by atoms with Crippen LogP contribution in [0.15, 0.2) is 42.6 Å². The van der Waals surface area contributed by atoms with E-state index in [0.717, 1.165) is 24.2 Å². The lowest BCUT2D eigenvalue weighted by Gasteiger charge is -2.08. The number of carbonyl (C=O) groups excluding carboxylic acids is 2. The number of benzene rings is 1. The quantitative estimate of drug-likeness (QED) is 0.526. The summed E-state index contributed by atoms with van der Waals surface area (Å²) in [5.41, 5.74) is 1.13. The number of nitrogens with zero attached hydrogens (tertiary/aromatic N) is 1. The first-order valence-electron chi connectivity index (χ1n) is 8.61. The highest BCUT2D eigenvalue weighted by molar-refractivity contribution is 7.21. The molecule has 2 heterocycles. The third-order valence-corrected chi connectivity index (χ3v) is 5.32. The molecule has 8 nitrogen and oxygen atoms in total. The van der Waals surface area contributed by atoms with Crippen molar-refractivity contribution in [1.29, 1.82) is 0 Å². The molecule has 1 aliphatic rings. The molecule has 1 aromatic carbocycles. The molecule has 0 aliphatic heterocycles. The van der Waals surface area contributed by atoms with Gasteiger partial charge in [-0.25, -0.2) is 14.6 Å². The van der Waals surface area contributed by atoms with E-state index in [1.807, 2.05) is 0 Å². The van der Waals surface area contributed by atoms with Crippen molar-refractivity contribution in [2.24, 2.45) is 0 Å². The lowest BCUT2D eigenvalue weighted by atomic mass is 10.1. The molecular formula is C19H16N4O4S. The first-order chi connectivity index (χ1) is 13.5. The van der Waals surface area contributed by atoms with E-state index in [4.69, 9.17) is 0 Å². The van der Waals surface area contributed by atoms with Gasteiger partial charge in [-0.15, -0.1) is 11.3 Å². The van der Waals surface area contributed by atoms with Gasteiger partial charge < -0.3 is 21.1 Å².